The third-order valence-electron chi connectivity index (χ3n) is 4.33. The number of carbonyl (C=O) groups excluding carboxylic acids is 1. The van der Waals surface area contributed by atoms with Crippen molar-refractivity contribution in [2.45, 2.75) is 32.2 Å². The van der Waals surface area contributed by atoms with Crippen LogP contribution in [0.2, 0.25) is 5.02 Å². The number of amides is 1. The summed E-state index contributed by atoms with van der Waals surface area (Å²) in [4.78, 5) is 19.2. The highest BCUT2D eigenvalue weighted by Crippen LogP contribution is 2.20. The number of nitrogens with one attached hydrogen (secondary N) is 1. The highest BCUT2D eigenvalue weighted by molar-refractivity contribution is 6.32. The normalized spacial score (nSPS) is 16.3. The second kappa shape index (κ2) is 7.32. The summed E-state index contributed by atoms with van der Waals surface area (Å²) in [7, 11) is 2.10. The lowest BCUT2D eigenvalue weighted by atomic mass is 10.1. The molecule has 0 bridgehead atoms. The summed E-state index contributed by atoms with van der Waals surface area (Å²) in [5.74, 6) is 0.701. The molecule has 1 aliphatic heterocycles. The van der Waals surface area contributed by atoms with E-state index in [0.717, 1.165) is 37.4 Å². The Morgan fingerprint density at radius 3 is 2.71 bits per heavy atom. The van der Waals surface area contributed by atoms with E-state index < -0.39 is 0 Å². The van der Waals surface area contributed by atoms with E-state index in [0.29, 0.717) is 11.4 Å². The molecule has 1 aromatic heterocycles. The van der Waals surface area contributed by atoms with E-state index in [4.69, 9.17) is 11.6 Å². The first-order valence-electron chi connectivity index (χ1n) is 8.28. The Morgan fingerprint density at radius 2 is 2.04 bits per heavy atom. The number of hydrogen-bond donors (Lipinski definition) is 1. The van der Waals surface area contributed by atoms with Crippen molar-refractivity contribution in [2.24, 2.45) is 0 Å². The number of piperidine rings is 1. The zero-order chi connectivity index (χ0) is 17.1. The van der Waals surface area contributed by atoms with Gasteiger partial charge in [0.2, 0.25) is 5.82 Å². The summed E-state index contributed by atoms with van der Waals surface area (Å²) in [5.41, 5.74) is 0.738. The van der Waals surface area contributed by atoms with Gasteiger partial charge in [-0.15, -0.1) is 5.10 Å². The van der Waals surface area contributed by atoms with Gasteiger partial charge in [-0.3, -0.25) is 4.79 Å². The van der Waals surface area contributed by atoms with Crippen LogP contribution >= 0.6 is 11.6 Å². The van der Waals surface area contributed by atoms with Crippen molar-refractivity contribution in [3.05, 3.63) is 40.9 Å². The fourth-order valence-electron chi connectivity index (χ4n) is 2.89. The Kier molecular flexibility index (Phi) is 5.16. The number of likely N-dealkylation sites (tertiary alicyclic amines) is 1. The molecule has 1 saturated heterocycles. The summed E-state index contributed by atoms with van der Waals surface area (Å²) in [6.45, 7) is 3.97. The van der Waals surface area contributed by atoms with Crippen LogP contribution in [-0.2, 0) is 6.42 Å². The molecule has 0 unspecified atom stereocenters. The van der Waals surface area contributed by atoms with Crippen LogP contribution in [0.5, 0.6) is 0 Å². The van der Waals surface area contributed by atoms with E-state index >= 15 is 0 Å². The number of carbonyl (C=O) groups is 1. The van der Waals surface area contributed by atoms with Crippen LogP contribution in [0.1, 0.15) is 36.2 Å². The molecule has 6 nitrogen and oxygen atoms in total. The fourth-order valence-corrected chi connectivity index (χ4v) is 3.10. The summed E-state index contributed by atoms with van der Waals surface area (Å²) in [6.07, 6.45) is 2.57. The van der Waals surface area contributed by atoms with Gasteiger partial charge in [-0.25, -0.2) is 9.67 Å². The molecular weight excluding hydrogens is 326 g/mol. The van der Waals surface area contributed by atoms with Gasteiger partial charge in [-0.2, -0.15) is 0 Å². The maximum absolute atomic E-state index is 12.5. The lowest BCUT2D eigenvalue weighted by Crippen LogP contribution is -2.43. The smallest absolute Gasteiger partial charge is 0.291 e. The molecule has 7 heteroatoms. The van der Waals surface area contributed by atoms with Crippen LogP contribution in [0.15, 0.2) is 24.3 Å². The van der Waals surface area contributed by atoms with E-state index in [9.17, 15) is 4.79 Å². The van der Waals surface area contributed by atoms with Crippen LogP contribution in [0.4, 0.5) is 0 Å². The summed E-state index contributed by atoms with van der Waals surface area (Å²) < 4.78 is 1.66. The van der Waals surface area contributed by atoms with Crippen LogP contribution in [0, 0.1) is 0 Å². The molecule has 128 valence electrons. The largest absolute Gasteiger partial charge is 0.346 e. The Hall–Kier alpha value is -1.92. The maximum Gasteiger partial charge on any atom is 0.291 e. The van der Waals surface area contributed by atoms with Crippen LogP contribution in [-0.4, -0.2) is 51.8 Å². The third-order valence-corrected chi connectivity index (χ3v) is 4.65. The molecule has 0 aliphatic carbocycles. The molecule has 0 radical (unpaired) electrons. The molecule has 0 spiro atoms. The van der Waals surface area contributed by atoms with E-state index in [2.05, 4.69) is 27.3 Å². The van der Waals surface area contributed by atoms with Gasteiger partial charge in [0, 0.05) is 12.5 Å². The number of rotatable bonds is 4. The number of benzene rings is 1. The minimum absolute atomic E-state index is 0.186. The number of para-hydroxylation sites is 1. The number of aryl methyl sites for hydroxylation is 1. The van der Waals surface area contributed by atoms with Crippen molar-refractivity contribution < 1.29 is 4.79 Å². The van der Waals surface area contributed by atoms with Crippen molar-refractivity contribution in [3.63, 3.8) is 0 Å². The average Bonchev–Trinajstić information content (AvgIpc) is 3.01. The van der Waals surface area contributed by atoms with Gasteiger partial charge in [-0.1, -0.05) is 30.7 Å². The van der Waals surface area contributed by atoms with Gasteiger partial charge < -0.3 is 10.2 Å². The van der Waals surface area contributed by atoms with Crippen molar-refractivity contribution in [2.75, 3.05) is 20.1 Å². The molecular formula is C17H22ClN5O. The van der Waals surface area contributed by atoms with E-state index in [-0.39, 0.29) is 17.8 Å². The molecule has 1 aromatic carbocycles. The second-order valence-electron chi connectivity index (χ2n) is 6.12. The number of aromatic nitrogens is 3. The predicted molar refractivity (Wildman–Crippen MR) is 93.7 cm³/mol. The summed E-state index contributed by atoms with van der Waals surface area (Å²) >= 11 is 6.25. The van der Waals surface area contributed by atoms with E-state index in [1.165, 1.54) is 0 Å². The van der Waals surface area contributed by atoms with E-state index in [1.807, 2.05) is 25.1 Å². The number of hydrogen-bond acceptors (Lipinski definition) is 4. The molecule has 1 aliphatic rings. The minimum atomic E-state index is -0.218. The predicted octanol–water partition coefficient (Wildman–Crippen LogP) is 2.31. The molecule has 1 N–H and O–H groups in total. The fraction of sp³-hybridized carbons (Fsp3) is 0.471. The first-order chi connectivity index (χ1) is 11.6. The Bertz CT molecular complexity index is 722. The Morgan fingerprint density at radius 1 is 1.33 bits per heavy atom. The second-order valence-corrected chi connectivity index (χ2v) is 6.53. The van der Waals surface area contributed by atoms with Gasteiger partial charge in [-0.05, 0) is 45.1 Å². The monoisotopic (exact) mass is 347 g/mol. The summed E-state index contributed by atoms with van der Waals surface area (Å²) in [5, 5.41) is 8.02. The molecule has 0 saturated carbocycles. The topological polar surface area (TPSA) is 63.1 Å². The van der Waals surface area contributed by atoms with Gasteiger partial charge in [0.25, 0.3) is 5.91 Å². The molecule has 0 atom stereocenters. The highest BCUT2D eigenvalue weighted by atomic mass is 35.5. The zero-order valence-electron chi connectivity index (χ0n) is 14.0. The molecule has 2 aromatic rings. The van der Waals surface area contributed by atoms with E-state index in [1.54, 1.807) is 10.7 Å². The van der Waals surface area contributed by atoms with Gasteiger partial charge >= 0.3 is 0 Å². The number of halogens is 1. The third kappa shape index (κ3) is 3.60. The lowest BCUT2D eigenvalue weighted by Gasteiger charge is -2.29. The summed E-state index contributed by atoms with van der Waals surface area (Å²) in [6, 6.07) is 7.61. The van der Waals surface area contributed by atoms with Crippen molar-refractivity contribution in [1.82, 2.24) is 25.0 Å². The van der Waals surface area contributed by atoms with Crippen LogP contribution < -0.4 is 5.32 Å². The highest BCUT2D eigenvalue weighted by Gasteiger charge is 2.22. The first-order valence-corrected chi connectivity index (χ1v) is 8.66. The molecule has 1 fully saturated rings. The Labute approximate surface area is 146 Å². The van der Waals surface area contributed by atoms with Gasteiger partial charge in [0.15, 0.2) is 0 Å². The molecule has 2 heterocycles. The van der Waals surface area contributed by atoms with Crippen LogP contribution in [0.3, 0.4) is 0 Å². The van der Waals surface area contributed by atoms with Gasteiger partial charge in [0.1, 0.15) is 5.82 Å². The molecule has 24 heavy (non-hydrogen) atoms. The SMILES string of the molecule is CCc1nc(C(=O)NC2CCN(C)CC2)nn1-c1ccccc1Cl. The minimum Gasteiger partial charge on any atom is -0.346 e. The number of nitrogens with zero attached hydrogens (tertiary/aromatic N) is 4. The van der Waals surface area contributed by atoms with Crippen LogP contribution in [0.25, 0.3) is 5.69 Å². The first kappa shape index (κ1) is 16.9. The molecule has 1 amide bonds. The van der Waals surface area contributed by atoms with Crippen molar-refractivity contribution in [3.8, 4) is 5.69 Å². The maximum atomic E-state index is 12.5. The zero-order valence-corrected chi connectivity index (χ0v) is 14.8. The lowest BCUT2D eigenvalue weighted by molar-refractivity contribution is 0.0906. The quantitative estimate of drug-likeness (QED) is 0.921. The van der Waals surface area contributed by atoms with Gasteiger partial charge in [0.05, 0.1) is 10.7 Å². The Balaban J connectivity index is 1.79. The van der Waals surface area contributed by atoms with Crippen molar-refractivity contribution >= 4 is 17.5 Å². The molecule has 3 rings (SSSR count). The standard InChI is InChI=1S/C17H22ClN5O/c1-3-15-20-16(17(24)19-12-8-10-22(2)11-9-12)21-23(15)14-7-5-4-6-13(14)18/h4-7,12H,3,8-11H2,1-2H3,(H,19,24). The average molecular weight is 348 g/mol. The van der Waals surface area contributed by atoms with Crippen molar-refractivity contribution in [1.29, 1.82) is 0 Å².